The number of carbonyl (C=O) groups excluding carboxylic acids is 2. The van der Waals surface area contributed by atoms with Gasteiger partial charge < -0.3 is 16.0 Å². The maximum Gasteiger partial charge on any atom is 0.244 e. The number of nitrogens with two attached hydrogens (primary N) is 1. The highest BCUT2D eigenvalue weighted by Gasteiger charge is 2.24. The van der Waals surface area contributed by atoms with Gasteiger partial charge in [0.05, 0.1) is 12.6 Å². The molecular formula is C15H21F2N3O2. The zero-order valence-corrected chi connectivity index (χ0v) is 12.9. The summed E-state index contributed by atoms with van der Waals surface area (Å²) in [7, 11) is 0. The Labute approximate surface area is 128 Å². The number of nitrogens with zero attached hydrogens (tertiary/aromatic N) is 1. The molecule has 0 fully saturated rings. The standard InChI is InChI=1S/C15H21F2N3O2/c1-4-20(15(22)13(18)9(2)3)8-12(21)19-14-10(16)6-5-7-11(14)17/h5-7,9,13H,4,8,18H2,1-3H3,(H,19,21)/t13-/m0/s1. The topological polar surface area (TPSA) is 75.4 Å². The van der Waals surface area contributed by atoms with E-state index >= 15 is 0 Å². The molecule has 122 valence electrons. The molecule has 5 nitrogen and oxygen atoms in total. The lowest BCUT2D eigenvalue weighted by Gasteiger charge is -2.25. The lowest BCUT2D eigenvalue weighted by molar-refractivity contribution is -0.136. The molecule has 1 rings (SSSR count). The van der Waals surface area contributed by atoms with Gasteiger partial charge in [0.1, 0.15) is 17.3 Å². The second kappa shape index (κ2) is 7.84. The molecule has 0 aromatic heterocycles. The Bertz CT molecular complexity index is 529. The first kappa shape index (κ1) is 18.0. The van der Waals surface area contributed by atoms with Gasteiger partial charge in [-0.05, 0) is 25.0 Å². The van der Waals surface area contributed by atoms with Crippen LogP contribution in [0.5, 0.6) is 0 Å². The van der Waals surface area contributed by atoms with Gasteiger partial charge in [-0.15, -0.1) is 0 Å². The minimum absolute atomic E-state index is 0.0753. The van der Waals surface area contributed by atoms with Crippen LogP contribution in [0, 0.1) is 17.6 Å². The number of anilines is 1. The Balaban J connectivity index is 2.76. The molecule has 3 N–H and O–H groups in total. The molecule has 0 aliphatic carbocycles. The van der Waals surface area contributed by atoms with Gasteiger partial charge >= 0.3 is 0 Å². The van der Waals surface area contributed by atoms with Crippen LogP contribution < -0.4 is 11.1 Å². The van der Waals surface area contributed by atoms with Crippen molar-refractivity contribution in [2.75, 3.05) is 18.4 Å². The normalized spacial score (nSPS) is 12.1. The highest BCUT2D eigenvalue weighted by Crippen LogP contribution is 2.17. The highest BCUT2D eigenvalue weighted by molar-refractivity contribution is 5.95. The Morgan fingerprint density at radius 1 is 1.27 bits per heavy atom. The van der Waals surface area contributed by atoms with Crippen molar-refractivity contribution in [1.82, 2.24) is 4.90 Å². The Morgan fingerprint density at radius 2 is 1.82 bits per heavy atom. The predicted octanol–water partition coefficient (Wildman–Crippen LogP) is 1.74. The number of likely N-dealkylation sites (N-methyl/N-ethyl adjacent to an activating group) is 1. The molecule has 0 radical (unpaired) electrons. The fourth-order valence-corrected chi connectivity index (χ4v) is 1.81. The van der Waals surface area contributed by atoms with E-state index < -0.39 is 29.3 Å². The first-order valence-electron chi connectivity index (χ1n) is 7.06. The van der Waals surface area contributed by atoms with Gasteiger partial charge in [0, 0.05) is 6.54 Å². The second-order valence-corrected chi connectivity index (χ2v) is 5.27. The van der Waals surface area contributed by atoms with E-state index in [4.69, 9.17) is 5.73 Å². The maximum atomic E-state index is 13.5. The number of para-hydroxylation sites is 1. The van der Waals surface area contributed by atoms with Crippen molar-refractivity contribution in [3.05, 3.63) is 29.8 Å². The molecule has 2 amide bonds. The Morgan fingerprint density at radius 3 is 2.27 bits per heavy atom. The predicted molar refractivity (Wildman–Crippen MR) is 80.1 cm³/mol. The quantitative estimate of drug-likeness (QED) is 0.840. The summed E-state index contributed by atoms with van der Waals surface area (Å²) in [5.74, 6) is -2.88. The van der Waals surface area contributed by atoms with Crippen molar-refractivity contribution in [3.63, 3.8) is 0 Å². The van der Waals surface area contributed by atoms with Crippen LogP contribution in [0.4, 0.5) is 14.5 Å². The molecule has 1 aromatic rings. The molecule has 0 bridgehead atoms. The molecule has 0 heterocycles. The summed E-state index contributed by atoms with van der Waals surface area (Å²) >= 11 is 0. The number of amides is 2. The summed E-state index contributed by atoms with van der Waals surface area (Å²) in [6, 6.07) is 2.55. The van der Waals surface area contributed by atoms with Crippen molar-refractivity contribution in [3.8, 4) is 0 Å². The zero-order valence-electron chi connectivity index (χ0n) is 12.9. The van der Waals surface area contributed by atoms with Gasteiger partial charge in [-0.2, -0.15) is 0 Å². The van der Waals surface area contributed by atoms with Gasteiger partial charge in [-0.3, -0.25) is 9.59 Å². The van der Waals surface area contributed by atoms with Crippen LogP contribution in [0.3, 0.4) is 0 Å². The number of rotatable bonds is 6. The summed E-state index contributed by atoms with van der Waals surface area (Å²) in [5.41, 5.74) is 5.25. The lowest BCUT2D eigenvalue weighted by Crippen LogP contribution is -2.48. The molecule has 7 heteroatoms. The average Bonchev–Trinajstić information content (AvgIpc) is 2.47. The fourth-order valence-electron chi connectivity index (χ4n) is 1.81. The van der Waals surface area contributed by atoms with Crippen molar-refractivity contribution < 1.29 is 18.4 Å². The van der Waals surface area contributed by atoms with Gasteiger partial charge in [0.25, 0.3) is 0 Å². The molecule has 1 aromatic carbocycles. The average molecular weight is 313 g/mol. The highest BCUT2D eigenvalue weighted by atomic mass is 19.1. The van der Waals surface area contributed by atoms with Crippen molar-refractivity contribution >= 4 is 17.5 Å². The number of benzene rings is 1. The van der Waals surface area contributed by atoms with Crippen LogP contribution in [0.1, 0.15) is 20.8 Å². The Kier molecular flexibility index (Phi) is 6.42. The van der Waals surface area contributed by atoms with Crippen molar-refractivity contribution in [2.45, 2.75) is 26.8 Å². The van der Waals surface area contributed by atoms with Crippen molar-refractivity contribution in [1.29, 1.82) is 0 Å². The molecule has 1 atom stereocenters. The summed E-state index contributed by atoms with van der Waals surface area (Å²) in [4.78, 5) is 25.3. The maximum absolute atomic E-state index is 13.5. The van der Waals surface area contributed by atoms with Gasteiger partial charge in [-0.25, -0.2) is 8.78 Å². The first-order chi connectivity index (χ1) is 10.3. The van der Waals surface area contributed by atoms with Crippen LogP contribution in [0.2, 0.25) is 0 Å². The van der Waals surface area contributed by atoms with Crippen LogP contribution in [0.15, 0.2) is 18.2 Å². The third kappa shape index (κ3) is 4.49. The molecule has 22 heavy (non-hydrogen) atoms. The molecule has 0 spiro atoms. The van der Waals surface area contributed by atoms with Crippen LogP contribution >= 0.6 is 0 Å². The monoisotopic (exact) mass is 313 g/mol. The van der Waals surface area contributed by atoms with Gasteiger partial charge in [0.2, 0.25) is 11.8 Å². The summed E-state index contributed by atoms with van der Waals surface area (Å²) in [5, 5.41) is 2.14. The van der Waals surface area contributed by atoms with E-state index in [0.29, 0.717) is 0 Å². The van der Waals surface area contributed by atoms with Crippen LogP contribution in [-0.2, 0) is 9.59 Å². The van der Waals surface area contributed by atoms with E-state index in [1.54, 1.807) is 20.8 Å². The molecule has 0 saturated carbocycles. The number of carbonyl (C=O) groups is 2. The third-order valence-electron chi connectivity index (χ3n) is 3.26. The van der Waals surface area contributed by atoms with Gasteiger partial charge in [-0.1, -0.05) is 19.9 Å². The second-order valence-electron chi connectivity index (χ2n) is 5.27. The summed E-state index contributed by atoms with van der Waals surface area (Å²) in [6.45, 7) is 5.24. The number of nitrogens with one attached hydrogen (secondary N) is 1. The van der Waals surface area contributed by atoms with E-state index in [0.717, 1.165) is 12.1 Å². The van der Waals surface area contributed by atoms with E-state index in [2.05, 4.69) is 5.32 Å². The summed E-state index contributed by atoms with van der Waals surface area (Å²) in [6.07, 6.45) is 0. The molecule has 0 unspecified atom stereocenters. The largest absolute Gasteiger partial charge is 0.332 e. The van der Waals surface area contributed by atoms with E-state index in [9.17, 15) is 18.4 Å². The zero-order chi connectivity index (χ0) is 16.9. The van der Waals surface area contributed by atoms with Crippen LogP contribution in [0.25, 0.3) is 0 Å². The number of halogens is 2. The summed E-state index contributed by atoms with van der Waals surface area (Å²) < 4.78 is 26.9. The molecular weight excluding hydrogens is 292 g/mol. The number of hydrogen-bond acceptors (Lipinski definition) is 3. The smallest absolute Gasteiger partial charge is 0.244 e. The van der Waals surface area contributed by atoms with E-state index in [1.165, 1.54) is 11.0 Å². The van der Waals surface area contributed by atoms with E-state index in [-0.39, 0.29) is 24.9 Å². The molecule has 0 saturated heterocycles. The van der Waals surface area contributed by atoms with Crippen LogP contribution in [-0.4, -0.2) is 35.8 Å². The van der Waals surface area contributed by atoms with E-state index in [1.807, 2.05) is 0 Å². The lowest BCUT2D eigenvalue weighted by atomic mass is 10.0. The molecule has 0 aliphatic heterocycles. The minimum atomic E-state index is -0.874. The molecule has 0 aliphatic rings. The Hall–Kier alpha value is -2.02. The minimum Gasteiger partial charge on any atom is -0.332 e. The SMILES string of the molecule is CCN(CC(=O)Nc1c(F)cccc1F)C(=O)[C@@H](N)C(C)C. The first-order valence-corrected chi connectivity index (χ1v) is 7.06. The van der Waals surface area contributed by atoms with Gasteiger partial charge in [0.15, 0.2) is 0 Å². The number of hydrogen-bond donors (Lipinski definition) is 2. The van der Waals surface area contributed by atoms with Crippen molar-refractivity contribution in [2.24, 2.45) is 11.7 Å². The third-order valence-corrected chi connectivity index (χ3v) is 3.26. The fraction of sp³-hybridized carbons (Fsp3) is 0.467.